The molecule has 1 heterocycles. The van der Waals surface area contributed by atoms with Crippen molar-refractivity contribution in [3.05, 3.63) is 35.4 Å². The van der Waals surface area contributed by atoms with Gasteiger partial charge in [0, 0.05) is 26.2 Å². The van der Waals surface area contributed by atoms with Gasteiger partial charge in [-0.3, -0.25) is 4.90 Å². The Hall–Kier alpha value is -1.80. The van der Waals surface area contributed by atoms with Gasteiger partial charge >= 0.3 is 6.18 Å². The van der Waals surface area contributed by atoms with Crippen LogP contribution in [0.5, 0.6) is 0 Å². The molecule has 0 amide bonds. The highest BCUT2D eigenvalue weighted by Crippen LogP contribution is 2.29. The van der Waals surface area contributed by atoms with Gasteiger partial charge in [-0.1, -0.05) is 12.1 Å². The maximum absolute atomic E-state index is 12.8. The van der Waals surface area contributed by atoms with E-state index in [4.69, 9.17) is 4.74 Å². The number of unbranched alkanes of at least 4 members (excludes halogenated alkanes) is 1. The highest BCUT2D eigenvalue weighted by Gasteiger charge is 2.30. The number of nitrogens with one attached hydrogen (secondary N) is 2. The maximum Gasteiger partial charge on any atom is 0.416 e. The summed E-state index contributed by atoms with van der Waals surface area (Å²) in [6, 6.07) is 5.30. The van der Waals surface area contributed by atoms with Crippen LogP contribution in [0.3, 0.4) is 0 Å². The summed E-state index contributed by atoms with van der Waals surface area (Å²) in [5, 5.41) is 6.37. The van der Waals surface area contributed by atoms with Gasteiger partial charge in [-0.25, -0.2) is 4.99 Å². The van der Waals surface area contributed by atoms with Crippen molar-refractivity contribution in [1.82, 2.24) is 15.5 Å². The van der Waals surface area contributed by atoms with Crippen molar-refractivity contribution < 1.29 is 17.9 Å². The van der Waals surface area contributed by atoms with Crippen molar-refractivity contribution in [3.63, 3.8) is 0 Å². The van der Waals surface area contributed by atoms with E-state index >= 15 is 0 Å². The number of guanidine groups is 1. The zero-order chi connectivity index (χ0) is 19.5. The Morgan fingerprint density at radius 3 is 2.67 bits per heavy atom. The average molecular weight is 386 g/mol. The molecule has 0 bridgehead atoms. The molecule has 5 nitrogen and oxygen atoms in total. The minimum atomic E-state index is -4.33. The van der Waals surface area contributed by atoms with Crippen molar-refractivity contribution in [2.24, 2.45) is 4.99 Å². The summed E-state index contributed by atoms with van der Waals surface area (Å²) in [5.74, 6) is 0.626. The molecular formula is C19H29F3N4O. The molecule has 1 saturated heterocycles. The van der Waals surface area contributed by atoms with Crippen LogP contribution in [0.1, 0.15) is 30.9 Å². The number of morpholine rings is 1. The molecule has 1 fully saturated rings. The zero-order valence-corrected chi connectivity index (χ0v) is 15.8. The standard InChI is InChI=1S/C19H29F3N4O/c1-2-23-18(24-8-3-4-9-26-10-12-27-13-11-26)25-15-16-6-5-7-17(14-16)19(20,21)22/h5-7,14H,2-4,8-13,15H2,1H3,(H2,23,24,25). The van der Waals surface area contributed by atoms with E-state index < -0.39 is 11.7 Å². The van der Waals surface area contributed by atoms with Gasteiger partial charge in [0.15, 0.2) is 5.96 Å². The van der Waals surface area contributed by atoms with Crippen LogP contribution in [0.4, 0.5) is 13.2 Å². The summed E-state index contributed by atoms with van der Waals surface area (Å²) in [6.07, 6.45) is -2.24. The molecule has 0 radical (unpaired) electrons. The number of rotatable bonds is 8. The van der Waals surface area contributed by atoms with Gasteiger partial charge < -0.3 is 15.4 Å². The van der Waals surface area contributed by atoms with Gasteiger partial charge in [0.25, 0.3) is 0 Å². The van der Waals surface area contributed by atoms with Crippen molar-refractivity contribution in [3.8, 4) is 0 Å². The number of aliphatic imine (C=N–C) groups is 1. The minimum Gasteiger partial charge on any atom is -0.379 e. The lowest BCUT2D eigenvalue weighted by Crippen LogP contribution is -2.39. The molecule has 0 unspecified atom stereocenters. The third kappa shape index (κ3) is 8.17. The predicted octanol–water partition coefficient (Wildman–Crippen LogP) is 2.87. The average Bonchev–Trinajstić information content (AvgIpc) is 2.66. The Balaban J connectivity index is 1.76. The lowest BCUT2D eigenvalue weighted by atomic mass is 10.1. The number of hydrogen-bond acceptors (Lipinski definition) is 3. The van der Waals surface area contributed by atoms with Crippen LogP contribution >= 0.6 is 0 Å². The number of halogens is 3. The third-order valence-electron chi connectivity index (χ3n) is 4.32. The summed E-state index contributed by atoms with van der Waals surface area (Å²) in [6.45, 7) is 8.30. The van der Waals surface area contributed by atoms with E-state index in [0.29, 0.717) is 18.1 Å². The highest BCUT2D eigenvalue weighted by molar-refractivity contribution is 5.79. The number of hydrogen-bond donors (Lipinski definition) is 2. The normalized spacial score (nSPS) is 16.4. The van der Waals surface area contributed by atoms with E-state index in [1.165, 1.54) is 6.07 Å². The predicted molar refractivity (Wildman–Crippen MR) is 101 cm³/mol. The SMILES string of the molecule is CCNC(=NCc1cccc(C(F)(F)F)c1)NCCCCN1CCOCC1. The Morgan fingerprint density at radius 1 is 1.19 bits per heavy atom. The Morgan fingerprint density at radius 2 is 1.96 bits per heavy atom. The molecule has 0 atom stereocenters. The first-order valence-corrected chi connectivity index (χ1v) is 9.47. The van der Waals surface area contributed by atoms with E-state index in [-0.39, 0.29) is 6.54 Å². The molecule has 27 heavy (non-hydrogen) atoms. The lowest BCUT2D eigenvalue weighted by Gasteiger charge is -2.26. The quantitative estimate of drug-likeness (QED) is 0.410. The van der Waals surface area contributed by atoms with Crippen LogP contribution in [-0.2, 0) is 17.5 Å². The van der Waals surface area contributed by atoms with Crippen LogP contribution < -0.4 is 10.6 Å². The second-order valence-corrected chi connectivity index (χ2v) is 6.48. The van der Waals surface area contributed by atoms with Crippen LogP contribution in [0.2, 0.25) is 0 Å². The Labute approximate surface area is 159 Å². The minimum absolute atomic E-state index is 0.201. The van der Waals surface area contributed by atoms with Gasteiger partial charge in [-0.2, -0.15) is 13.2 Å². The van der Waals surface area contributed by atoms with Gasteiger partial charge in [-0.05, 0) is 44.0 Å². The van der Waals surface area contributed by atoms with Gasteiger partial charge in [0.1, 0.15) is 0 Å². The van der Waals surface area contributed by atoms with E-state index in [1.54, 1.807) is 6.07 Å². The summed E-state index contributed by atoms with van der Waals surface area (Å²) in [4.78, 5) is 6.79. The Bertz CT molecular complexity index is 587. The van der Waals surface area contributed by atoms with Gasteiger partial charge in [-0.15, -0.1) is 0 Å². The summed E-state index contributed by atoms with van der Waals surface area (Å²) >= 11 is 0. The third-order valence-corrected chi connectivity index (χ3v) is 4.32. The number of benzene rings is 1. The molecule has 0 saturated carbocycles. The summed E-state index contributed by atoms with van der Waals surface area (Å²) in [7, 11) is 0. The van der Waals surface area contributed by atoms with Gasteiger partial charge in [0.2, 0.25) is 0 Å². The van der Waals surface area contributed by atoms with Crippen LogP contribution in [0.25, 0.3) is 0 Å². The molecule has 152 valence electrons. The van der Waals surface area contributed by atoms with Gasteiger partial charge in [0.05, 0.1) is 25.3 Å². The largest absolute Gasteiger partial charge is 0.416 e. The zero-order valence-electron chi connectivity index (χ0n) is 15.8. The first-order chi connectivity index (χ1) is 13.0. The molecule has 0 spiro atoms. The lowest BCUT2D eigenvalue weighted by molar-refractivity contribution is -0.137. The van der Waals surface area contributed by atoms with E-state index in [1.807, 2.05) is 6.92 Å². The maximum atomic E-state index is 12.8. The molecule has 2 rings (SSSR count). The van der Waals surface area contributed by atoms with Crippen molar-refractivity contribution in [2.45, 2.75) is 32.5 Å². The van der Waals surface area contributed by atoms with E-state index in [9.17, 15) is 13.2 Å². The van der Waals surface area contributed by atoms with Crippen molar-refractivity contribution in [1.29, 1.82) is 0 Å². The molecule has 1 aliphatic rings. The Kier molecular flexibility index (Phi) is 8.87. The van der Waals surface area contributed by atoms with E-state index in [0.717, 1.165) is 64.4 Å². The number of alkyl halides is 3. The number of ether oxygens (including phenoxy) is 1. The fourth-order valence-corrected chi connectivity index (χ4v) is 2.85. The monoisotopic (exact) mass is 386 g/mol. The molecule has 8 heteroatoms. The van der Waals surface area contributed by atoms with Crippen molar-refractivity contribution in [2.75, 3.05) is 45.9 Å². The molecule has 1 aromatic carbocycles. The molecular weight excluding hydrogens is 357 g/mol. The molecule has 1 aromatic rings. The molecule has 0 aromatic heterocycles. The molecule has 1 aliphatic heterocycles. The fourth-order valence-electron chi connectivity index (χ4n) is 2.85. The number of nitrogens with zero attached hydrogens (tertiary/aromatic N) is 2. The van der Waals surface area contributed by atoms with Crippen molar-refractivity contribution >= 4 is 5.96 Å². The fraction of sp³-hybridized carbons (Fsp3) is 0.632. The second kappa shape index (κ2) is 11.1. The smallest absolute Gasteiger partial charge is 0.379 e. The molecule has 0 aliphatic carbocycles. The first-order valence-electron chi connectivity index (χ1n) is 9.47. The summed E-state index contributed by atoms with van der Waals surface area (Å²) in [5.41, 5.74) is -0.106. The summed E-state index contributed by atoms with van der Waals surface area (Å²) < 4.78 is 43.7. The topological polar surface area (TPSA) is 48.9 Å². The van der Waals surface area contributed by atoms with Crippen LogP contribution in [0.15, 0.2) is 29.3 Å². The first kappa shape index (κ1) is 21.5. The van der Waals surface area contributed by atoms with Crippen LogP contribution in [-0.4, -0.2) is 56.8 Å². The van der Waals surface area contributed by atoms with Crippen LogP contribution in [0, 0.1) is 0 Å². The highest BCUT2D eigenvalue weighted by atomic mass is 19.4. The van der Waals surface area contributed by atoms with E-state index in [2.05, 4.69) is 20.5 Å². The second-order valence-electron chi connectivity index (χ2n) is 6.48. The molecule has 2 N–H and O–H groups in total.